The molecule has 1 saturated heterocycles. The average molecular weight is 295 g/mol. The van der Waals surface area contributed by atoms with E-state index < -0.39 is 0 Å². The number of carbonyl (C=O) groups excluding carboxylic acids is 2. The van der Waals surface area contributed by atoms with Gasteiger partial charge in [-0.2, -0.15) is 0 Å². The first-order valence-corrected chi connectivity index (χ1v) is 7.24. The Bertz CT molecular complexity index is 487. The number of amides is 2. The van der Waals surface area contributed by atoms with Crippen LogP contribution in [0.4, 0.5) is 0 Å². The number of halogens is 1. The van der Waals surface area contributed by atoms with Crippen molar-refractivity contribution in [3.8, 4) is 0 Å². The lowest BCUT2D eigenvalue weighted by Crippen LogP contribution is -2.46. The zero-order valence-electron chi connectivity index (χ0n) is 11.6. The summed E-state index contributed by atoms with van der Waals surface area (Å²) in [4.78, 5) is 25.4. The highest BCUT2D eigenvalue weighted by Crippen LogP contribution is 2.17. The number of hydrogen-bond donors (Lipinski definition) is 1. The number of hydrogen-bond acceptors (Lipinski definition) is 2. The molecule has 0 aromatic heterocycles. The molecule has 1 aromatic carbocycles. The third kappa shape index (κ3) is 3.97. The number of rotatable bonds is 3. The monoisotopic (exact) mass is 294 g/mol. The standard InChI is InChI=1S/C15H19ClN2O2/c1-11(19)17-14-4-2-3-9-18(15(14)20)10-12-5-7-13(16)8-6-12/h5-8,14H,2-4,9-10H2,1H3,(H,17,19). The van der Waals surface area contributed by atoms with E-state index in [4.69, 9.17) is 11.6 Å². The molecule has 0 spiro atoms. The third-order valence-corrected chi connectivity index (χ3v) is 3.70. The second-order valence-corrected chi connectivity index (χ2v) is 5.57. The summed E-state index contributed by atoms with van der Waals surface area (Å²) in [5.41, 5.74) is 1.05. The van der Waals surface area contributed by atoms with Gasteiger partial charge in [0, 0.05) is 25.0 Å². The first-order valence-electron chi connectivity index (χ1n) is 6.86. The Labute approximate surface area is 124 Å². The number of carbonyl (C=O) groups is 2. The molecule has 20 heavy (non-hydrogen) atoms. The molecule has 0 saturated carbocycles. The molecule has 1 aromatic rings. The van der Waals surface area contributed by atoms with Crippen molar-refractivity contribution >= 4 is 23.4 Å². The molecule has 0 bridgehead atoms. The highest BCUT2D eigenvalue weighted by atomic mass is 35.5. The van der Waals surface area contributed by atoms with Crippen molar-refractivity contribution in [3.05, 3.63) is 34.9 Å². The van der Waals surface area contributed by atoms with E-state index in [-0.39, 0.29) is 17.9 Å². The second kappa shape index (κ2) is 6.75. The second-order valence-electron chi connectivity index (χ2n) is 5.14. The Balaban J connectivity index is 2.06. The molecule has 5 heteroatoms. The van der Waals surface area contributed by atoms with Crippen LogP contribution in [0.2, 0.25) is 5.02 Å². The fourth-order valence-electron chi connectivity index (χ4n) is 2.45. The fraction of sp³-hybridized carbons (Fsp3) is 0.467. The minimum atomic E-state index is -0.387. The van der Waals surface area contributed by atoms with Gasteiger partial charge in [0.05, 0.1) is 0 Å². The number of benzene rings is 1. The Kier molecular flexibility index (Phi) is 5.01. The van der Waals surface area contributed by atoms with E-state index in [1.54, 1.807) is 0 Å². The summed E-state index contributed by atoms with van der Waals surface area (Å²) in [6.07, 6.45) is 2.64. The van der Waals surface area contributed by atoms with Crippen LogP contribution in [0.25, 0.3) is 0 Å². The van der Waals surface area contributed by atoms with Crippen LogP contribution in [-0.4, -0.2) is 29.3 Å². The number of nitrogens with zero attached hydrogens (tertiary/aromatic N) is 1. The lowest BCUT2D eigenvalue weighted by molar-refractivity contribution is -0.136. The van der Waals surface area contributed by atoms with E-state index in [1.165, 1.54) is 6.92 Å². The van der Waals surface area contributed by atoms with Gasteiger partial charge >= 0.3 is 0 Å². The Hall–Kier alpha value is -1.55. The van der Waals surface area contributed by atoms with Crippen molar-refractivity contribution in [2.75, 3.05) is 6.54 Å². The van der Waals surface area contributed by atoms with Crippen LogP contribution >= 0.6 is 11.6 Å². The Morgan fingerprint density at radius 1 is 1.35 bits per heavy atom. The zero-order valence-corrected chi connectivity index (χ0v) is 12.3. The third-order valence-electron chi connectivity index (χ3n) is 3.44. The minimum absolute atomic E-state index is 0.00708. The zero-order chi connectivity index (χ0) is 14.5. The largest absolute Gasteiger partial charge is 0.345 e. The predicted octanol–water partition coefficient (Wildman–Crippen LogP) is 2.36. The van der Waals surface area contributed by atoms with Gasteiger partial charge in [-0.05, 0) is 37.0 Å². The van der Waals surface area contributed by atoms with E-state index in [0.717, 1.165) is 31.4 Å². The average Bonchev–Trinajstić information content (AvgIpc) is 2.56. The van der Waals surface area contributed by atoms with Crippen LogP contribution in [0.3, 0.4) is 0 Å². The van der Waals surface area contributed by atoms with Crippen LogP contribution < -0.4 is 5.32 Å². The maximum atomic E-state index is 12.4. The predicted molar refractivity (Wildman–Crippen MR) is 78.3 cm³/mol. The smallest absolute Gasteiger partial charge is 0.245 e. The molecular formula is C15H19ClN2O2. The van der Waals surface area contributed by atoms with Gasteiger partial charge in [-0.3, -0.25) is 9.59 Å². The van der Waals surface area contributed by atoms with E-state index in [9.17, 15) is 9.59 Å². The van der Waals surface area contributed by atoms with Gasteiger partial charge in [-0.15, -0.1) is 0 Å². The number of nitrogens with one attached hydrogen (secondary N) is 1. The first kappa shape index (κ1) is 14.9. The van der Waals surface area contributed by atoms with Gasteiger partial charge < -0.3 is 10.2 Å². The Morgan fingerprint density at radius 3 is 2.70 bits per heavy atom. The van der Waals surface area contributed by atoms with Crippen molar-refractivity contribution in [1.82, 2.24) is 10.2 Å². The van der Waals surface area contributed by atoms with Gasteiger partial charge in [0.1, 0.15) is 6.04 Å². The van der Waals surface area contributed by atoms with E-state index in [0.29, 0.717) is 11.6 Å². The van der Waals surface area contributed by atoms with Crippen LogP contribution in [0.5, 0.6) is 0 Å². The highest BCUT2D eigenvalue weighted by Gasteiger charge is 2.27. The molecule has 108 valence electrons. The van der Waals surface area contributed by atoms with E-state index >= 15 is 0 Å². The minimum Gasteiger partial charge on any atom is -0.345 e. The summed E-state index contributed by atoms with van der Waals surface area (Å²) in [6, 6.07) is 7.11. The highest BCUT2D eigenvalue weighted by molar-refractivity contribution is 6.30. The quantitative estimate of drug-likeness (QED) is 0.930. The maximum Gasteiger partial charge on any atom is 0.245 e. The molecule has 1 unspecified atom stereocenters. The summed E-state index contributed by atoms with van der Waals surface area (Å²) in [7, 11) is 0. The molecule has 1 aliphatic rings. The molecule has 1 N–H and O–H groups in total. The summed E-state index contributed by atoms with van der Waals surface area (Å²) in [5.74, 6) is -0.149. The van der Waals surface area contributed by atoms with Crippen LogP contribution in [-0.2, 0) is 16.1 Å². The van der Waals surface area contributed by atoms with Gasteiger partial charge in [-0.25, -0.2) is 0 Å². The van der Waals surface area contributed by atoms with Crippen molar-refractivity contribution in [2.45, 2.75) is 38.8 Å². The molecule has 1 aliphatic heterocycles. The Morgan fingerprint density at radius 2 is 2.05 bits per heavy atom. The van der Waals surface area contributed by atoms with E-state index in [1.807, 2.05) is 29.2 Å². The topological polar surface area (TPSA) is 49.4 Å². The van der Waals surface area contributed by atoms with Gasteiger partial charge in [-0.1, -0.05) is 23.7 Å². The molecule has 2 rings (SSSR count). The van der Waals surface area contributed by atoms with Gasteiger partial charge in [0.25, 0.3) is 0 Å². The molecule has 4 nitrogen and oxygen atoms in total. The van der Waals surface area contributed by atoms with Crippen LogP contribution in [0.15, 0.2) is 24.3 Å². The SMILES string of the molecule is CC(=O)NC1CCCCN(Cc2ccc(Cl)cc2)C1=O. The van der Waals surface area contributed by atoms with Crippen molar-refractivity contribution in [1.29, 1.82) is 0 Å². The molecule has 1 heterocycles. The van der Waals surface area contributed by atoms with Gasteiger partial charge in [0.15, 0.2) is 0 Å². The van der Waals surface area contributed by atoms with Crippen molar-refractivity contribution < 1.29 is 9.59 Å². The molecular weight excluding hydrogens is 276 g/mol. The van der Waals surface area contributed by atoms with Crippen molar-refractivity contribution in [3.63, 3.8) is 0 Å². The summed E-state index contributed by atoms with van der Waals surface area (Å²) in [6.45, 7) is 2.74. The lowest BCUT2D eigenvalue weighted by atomic mass is 10.1. The normalized spacial score (nSPS) is 19.6. The van der Waals surface area contributed by atoms with Crippen molar-refractivity contribution in [2.24, 2.45) is 0 Å². The number of likely N-dealkylation sites (tertiary alicyclic amines) is 1. The first-order chi connectivity index (χ1) is 9.56. The molecule has 1 fully saturated rings. The molecule has 1 atom stereocenters. The molecule has 2 amide bonds. The van der Waals surface area contributed by atoms with Crippen LogP contribution in [0, 0.1) is 0 Å². The summed E-state index contributed by atoms with van der Waals surface area (Å²) >= 11 is 5.86. The summed E-state index contributed by atoms with van der Waals surface area (Å²) in [5, 5.41) is 3.43. The lowest BCUT2D eigenvalue weighted by Gasteiger charge is -2.24. The fourth-order valence-corrected chi connectivity index (χ4v) is 2.58. The van der Waals surface area contributed by atoms with Gasteiger partial charge in [0.2, 0.25) is 11.8 Å². The van der Waals surface area contributed by atoms with Crippen LogP contribution in [0.1, 0.15) is 31.7 Å². The molecule has 0 aliphatic carbocycles. The molecule has 0 radical (unpaired) electrons. The maximum absolute atomic E-state index is 12.4. The summed E-state index contributed by atoms with van der Waals surface area (Å²) < 4.78 is 0. The van der Waals surface area contributed by atoms with E-state index in [2.05, 4.69) is 5.32 Å².